The molecule has 0 amide bonds. The monoisotopic (exact) mass is 247 g/mol. The summed E-state index contributed by atoms with van der Waals surface area (Å²) in [6.07, 6.45) is 0. The molecule has 0 saturated carbocycles. The molecule has 0 radical (unpaired) electrons. The zero-order valence-electron chi connectivity index (χ0n) is 9.89. The lowest BCUT2D eigenvalue weighted by molar-refractivity contribution is 0.578. The van der Waals surface area contributed by atoms with Crippen LogP contribution in [0.5, 0.6) is 0 Å². The van der Waals surface area contributed by atoms with Gasteiger partial charge < -0.3 is 5.32 Å². The van der Waals surface area contributed by atoms with Crippen LogP contribution < -0.4 is 5.32 Å². The summed E-state index contributed by atoms with van der Waals surface area (Å²) < 4.78 is 0. The predicted octanol–water partition coefficient (Wildman–Crippen LogP) is 3.26. The lowest BCUT2D eigenvalue weighted by Crippen LogP contribution is -2.32. The van der Waals surface area contributed by atoms with E-state index in [2.05, 4.69) is 36.3 Å². The summed E-state index contributed by atoms with van der Waals surface area (Å²) in [6, 6.07) is 0. The van der Waals surface area contributed by atoms with Crippen molar-refractivity contribution in [2.75, 3.05) is 11.2 Å². The fourth-order valence-corrected chi connectivity index (χ4v) is 1.95. The molecule has 0 aromatic carbocycles. The number of aromatic nitrogens is 2. The third-order valence-electron chi connectivity index (χ3n) is 1.85. The first kappa shape index (κ1) is 12.7. The van der Waals surface area contributed by atoms with Gasteiger partial charge in [-0.3, -0.25) is 0 Å². The van der Waals surface area contributed by atoms with Gasteiger partial charge in [0.2, 0.25) is 5.13 Å². The second-order valence-corrected chi connectivity index (χ2v) is 6.55. The fraction of sp³-hybridized carbons (Fsp3) is 0.800. The van der Waals surface area contributed by atoms with E-state index in [1.165, 1.54) is 0 Å². The molecule has 0 bridgehead atoms. The molecule has 0 aliphatic carbocycles. The Morgan fingerprint density at radius 2 is 1.80 bits per heavy atom. The quantitative estimate of drug-likeness (QED) is 0.834. The number of nitrogens with one attached hydrogen (secondary N) is 1. The molecule has 5 heteroatoms. The first-order valence-electron chi connectivity index (χ1n) is 4.93. The molecule has 0 aliphatic rings. The number of hydrogen-bond acceptors (Lipinski definition) is 4. The third-order valence-corrected chi connectivity index (χ3v) is 3.78. The van der Waals surface area contributed by atoms with Gasteiger partial charge in [-0.05, 0) is 13.8 Å². The number of halogens is 1. The van der Waals surface area contributed by atoms with E-state index >= 15 is 0 Å². The van der Waals surface area contributed by atoms with Crippen molar-refractivity contribution >= 4 is 28.1 Å². The largest absolute Gasteiger partial charge is 0.354 e. The molecule has 86 valence electrons. The molecule has 1 heterocycles. The van der Waals surface area contributed by atoms with Crippen LogP contribution in [0, 0.1) is 0 Å². The van der Waals surface area contributed by atoms with Crippen LogP contribution in [0.15, 0.2) is 0 Å². The number of nitrogens with zero attached hydrogens (tertiary/aromatic N) is 2. The van der Waals surface area contributed by atoms with E-state index < -0.39 is 0 Å². The molecule has 0 spiro atoms. The van der Waals surface area contributed by atoms with Gasteiger partial charge in [0.1, 0.15) is 5.01 Å². The van der Waals surface area contributed by atoms with Gasteiger partial charge in [0.25, 0.3) is 0 Å². The van der Waals surface area contributed by atoms with Crippen molar-refractivity contribution in [1.29, 1.82) is 0 Å². The van der Waals surface area contributed by atoms with Gasteiger partial charge in [0, 0.05) is 16.8 Å². The van der Waals surface area contributed by atoms with Gasteiger partial charge in [-0.2, -0.15) is 0 Å². The second-order valence-electron chi connectivity index (χ2n) is 5.30. The second kappa shape index (κ2) is 4.26. The minimum atomic E-state index is -0.143. The van der Waals surface area contributed by atoms with E-state index in [0.29, 0.717) is 5.88 Å². The Bertz CT molecular complexity index is 328. The van der Waals surface area contributed by atoms with Crippen molar-refractivity contribution in [2.24, 2.45) is 0 Å². The molecule has 1 aromatic rings. The first-order chi connectivity index (χ1) is 6.74. The Hall–Kier alpha value is -0.350. The van der Waals surface area contributed by atoms with Crippen LogP contribution in [0.4, 0.5) is 5.13 Å². The zero-order chi connectivity index (χ0) is 11.7. The van der Waals surface area contributed by atoms with Crippen molar-refractivity contribution < 1.29 is 0 Å². The SMILES string of the molecule is CC(C)(CCl)Nc1nnc(C(C)(C)C)s1. The maximum atomic E-state index is 5.83. The van der Waals surface area contributed by atoms with Gasteiger partial charge in [-0.25, -0.2) is 0 Å². The summed E-state index contributed by atoms with van der Waals surface area (Å²) in [4.78, 5) is 0. The van der Waals surface area contributed by atoms with Crippen LogP contribution in [0.2, 0.25) is 0 Å². The predicted molar refractivity (Wildman–Crippen MR) is 67.0 cm³/mol. The van der Waals surface area contributed by atoms with Crippen LogP contribution in [0.1, 0.15) is 39.6 Å². The number of anilines is 1. The minimum Gasteiger partial charge on any atom is -0.354 e. The van der Waals surface area contributed by atoms with E-state index in [0.717, 1.165) is 10.1 Å². The summed E-state index contributed by atoms with van der Waals surface area (Å²) in [5, 5.41) is 13.4. The van der Waals surface area contributed by atoms with Crippen LogP contribution in [-0.4, -0.2) is 21.6 Å². The Morgan fingerprint density at radius 3 is 2.20 bits per heavy atom. The molecule has 0 atom stereocenters. The Labute approximate surface area is 100 Å². The van der Waals surface area contributed by atoms with E-state index in [1.54, 1.807) is 11.3 Å². The smallest absolute Gasteiger partial charge is 0.206 e. The Morgan fingerprint density at radius 1 is 1.20 bits per heavy atom. The van der Waals surface area contributed by atoms with Gasteiger partial charge in [0.15, 0.2) is 0 Å². The van der Waals surface area contributed by atoms with Crippen molar-refractivity contribution in [2.45, 2.75) is 45.6 Å². The van der Waals surface area contributed by atoms with Gasteiger partial charge >= 0.3 is 0 Å². The van der Waals surface area contributed by atoms with Crippen molar-refractivity contribution in [3.05, 3.63) is 5.01 Å². The van der Waals surface area contributed by atoms with Crippen molar-refractivity contribution in [3.8, 4) is 0 Å². The highest BCUT2D eigenvalue weighted by atomic mass is 35.5. The molecule has 0 aliphatic heterocycles. The molecule has 15 heavy (non-hydrogen) atoms. The molecule has 1 aromatic heterocycles. The summed E-state index contributed by atoms with van der Waals surface area (Å²) in [6.45, 7) is 10.5. The van der Waals surface area contributed by atoms with Gasteiger partial charge in [-0.1, -0.05) is 32.1 Å². The summed E-state index contributed by atoms with van der Waals surface area (Å²) >= 11 is 7.42. The summed E-state index contributed by atoms with van der Waals surface area (Å²) in [5.41, 5.74) is -0.0844. The topological polar surface area (TPSA) is 37.8 Å². The molecular weight excluding hydrogens is 230 g/mol. The maximum absolute atomic E-state index is 5.83. The molecule has 3 nitrogen and oxygen atoms in total. The maximum Gasteiger partial charge on any atom is 0.206 e. The Kier molecular flexibility index (Phi) is 3.61. The molecule has 1 rings (SSSR count). The number of rotatable bonds is 3. The summed E-state index contributed by atoms with van der Waals surface area (Å²) in [7, 11) is 0. The molecule has 1 N–H and O–H groups in total. The molecule has 0 unspecified atom stereocenters. The van der Waals surface area contributed by atoms with E-state index in [-0.39, 0.29) is 11.0 Å². The average Bonchev–Trinajstić information content (AvgIpc) is 2.51. The highest BCUT2D eigenvalue weighted by molar-refractivity contribution is 7.15. The van der Waals surface area contributed by atoms with Crippen LogP contribution in [0.3, 0.4) is 0 Å². The van der Waals surface area contributed by atoms with Crippen LogP contribution in [-0.2, 0) is 5.41 Å². The lowest BCUT2D eigenvalue weighted by atomic mass is 9.98. The molecule has 0 fully saturated rings. The van der Waals surface area contributed by atoms with Crippen LogP contribution in [0.25, 0.3) is 0 Å². The summed E-state index contributed by atoms with van der Waals surface area (Å²) in [5.74, 6) is 0.539. The normalized spacial score (nSPS) is 12.9. The van der Waals surface area contributed by atoms with Gasteiger partial charge in [0.05, 0.1) is 0 Å². The van der Waals surface area contributed by atoms with Crippen molar-refractivity contribution in [3.63, 3.8) is 0 Å². The molecule has 0 saturated heterocycles. The highest BCUT2D eigenvalue weighted by Gasteiger charge is 2.22. The minimum absolute atomic E-state index is 0.0582. The van der Waals surface area contributed by atoms with Gasteiger partial charge in [-0.15, -0.1) is 21.8 Å². The molecular formula is C10H18ClN3S. The van der Waals surface area contributed by atoms with E-state index in [1.807, 2.05) is 13.8 Å². The first-order valence-corrected chi connectivity index (χ1v) is 6.28. The van der Waals surface area contributed by atoms with E-state index in [4.69, 9.17) is 11.6 Å². The van der Waals surface area contributed by atoms with E-state index in [9.17, 15) is 0 Å². The Balaban J connectivity index is 2.78. The third kappa shape index (κ3) is 3.61. The van der Waals surface area contributed by atoms with Crippen LogP contribution >= 0.6 is 22.9 Å². The zero-order valence-corrected chi connectivity index (χ0v) is 11.5. The fourth-order valence-electron chi connectivity index (χ4n) is 0.900. The standard InChI is InChI=1S/C10H18ClN3S/c1-9(2,3)7-13-14-8(15-7)12-10(4,5)6-11/h6H2,1-5H3,(H,12,14). The number of hydrogen-bond donors (Lipinski definition) is 1. The lowest BCUT2D eigenvalue weighted by Gasteiger charge is -2.22. The average molecular weight is 248 g/mol. The van der Waals surface area contributed by atoms with Crippen molar-refractivity contribution in [1.82, 2.24) is 10.2 Å². The number of alkyl halides is 1. The highest BCUT2D eigenvalue weighted by Crippen LogP contribution is 2.29.